The van der Waals surface area contributed by atoms with Crippen LogP contribution in [0, 0.1) is 0 Å². The minimum Gasteiger partial charge on any atom is -0.497 e. The summed E-state index contributed by atoms with van der Waals surface area (Å²) < 4.78 is 6.05. The van der Waals surface area contributed by atoms with Crippen molar-refractivity contribution in [2.24, 2.45) is 10.9 Å². The van der Waals surface area contributed by atoms with Gasteiger partial charge in [-0.05, 0) is 18.6 Å². The Hall–Kier alpha value is -1.43. The van der Waals surface area contributed by atoms with Gasteiger partial charge in [0.05, 0.1) is 13.2 Å². The van der Waals surface area contributed by atoms with Gasteiger partial charge in [-0.25, -0.2) is 0 Å². The SMILES string of the molecule is CCC(Nc1cc(Br)cc(OC)c1)/C(N)=N/O. The quantitative estimate of drug-likeness (QED) is 0.338. The van der Waals surface area contributed by atoms with Crippen molar-refractivity contribution in [2.45, 2.75) is 19.4 Å². The van der Waals surface area contributed by atoms with Gasteiger partial charge in [-0.1, -0.05) is 28.0 Å². The average Bonchev–Trinajstić information content (AvgIpc) is 2.34. The molecule has 0 fully saturated rings. The molecule has 0 aromatic heterocycles. The predicted molar refractivity (Wildman–Crippen MR) is 71.8 cm³/mol. The molecule has 1 rings (SSSR count). The smallest absolute Gasteiger partial charge is 0.161 e. The van der Waals surface area contributed by atoms with Gasteiger partial charge in [0, 0.05) is 16.2 Å². The summed E-state index contributed by atoms with van der Waals surface area (Å²) in [4.78, 5) is 0. The molecule has 1 atom stereocenters. The molecule has 0 saturated heterocycles. The Morgan fingerprint density at radius 3 is 2.82 bits per heavy atom. The maximum Gasteiger partial charge on any atom is 0.161 e. The average molecular weight is 302 g/mol. The number of hydrogen-bond donors (Lipinski definition) is 3. The molecule has 0 heterocycles. The van der Waals surface area contributed by atoms with E-state index in [1.165, 1.54) is 0 Å². The van der Waals surface area contributed by atoms with Crippen LogP contribution in [-0.2, 0) is 0 Å². The summed E-state index contributed by atoms with van der Waals surface area (Å²) >= 11 is 3.39. The summed E-state index contributed by atoms with van der Waals surface area (Å²) in [5, 5.41) is 14.8. The molecule has 0 saturated carbocycles. The number of amidine groups is 1. The summed E-state index contributed by atoms with van der Waals surface area (Å²) in [5.74, 6) is 0.891. The first-order chi connectivity index (χ1) is 8.10. The molecule has 0 radical (unpaired) electrons. The number of hydrogen-bond acceptors (Lipinski definition) is 4. The molecule has 5 nitrogen and oxygen atoms in total. The van der Waals surface area contributed by atoms with Crippen LogP contribution in [0.4, 0.5) is 5.69 Å². The van der Waals surface area contributed by atoms with Crippen LogP contribution in [-0.4, -0.2) is 24.2 Å². The first-order valence-corrected chi connectivity index (χ1v) is 5.98. The van der Waals surface area contributed by atoms with E-state index < -0.39 is 0 Å². The summed E-state index contributed by atoms with van der Waals surface area (Å²) in [6, 6.07) is 5.39. The first-order valence-electron chi connectivity index (χ1n) is 5.19. The largest absolute Gasteiger partial charge is 0.497 e. The van der Waals surface area contributed by atoms with Crippen molar-refractivity contribution in [3.8, 4) is 5.75 Å². The minimum atomic E-state index is -0.209. The zero-order chi connectivity index (χ0) is 12.8. The fourth-order valence-corrected chi connectivity index (χ4v) is 1.89. The summed E-state index contributed by atoms with van der Waals surface area (Å²) in [6.07, 6.45) is 0.713. The number of rotatable bonds is 5. The van der Waals surface area contributed by atoms with Crippen LogP contribution in [0.25, 0.3) is 0 Å². The molecule has 4 N–H and O–H groups in total. The lowest BCUT2D eigenvalue weighted by Crippen LogP contribution is -2.35. The third kappa shape index (κ3) is 3.81. The number of oxime groups is 1. The van der Waals surface area contributed by atoms with Gasteiger partial charge in [0.1, 0.15) is 5.75 Å². The first kappa shape index (κ1) is 13.6. The molecule has 6 heteroatoms. The fraction of sp³-hybridized carbons (Fsp3) is 0.364. The van der Waals surface area contributed by atoms with E-state index in [0.717, 1.165) is 15.9 Å². The maximum atomic E-state index is 8.66. The van der Waals surface area contributed by atoms with Gasteiger partial charge >= 0.3 is 0 Å². The van der Waals surface area contributed by atoms with Crippen molar-refractivity contribution in [2.75, 3.05) is 12.4 Å². The molecule has 1 aromatic carbocycles. The van der Waals surface area contributed by atoms with E-state index in [9.17, 15) is 0 Å². The maximum absolute atomic E-state index is 8.66. The van der Waals surface area contributed by atoms with Gasteiger partial charge in [0.25, 0.3) is 0 Å². The van der Waals surface area contributed by atoms with E-state index in [4.69, 9.17) is 15.7 Å². The zero-order valence-corrected chi connectivity index (χ0v) is 11.4. The molecule has 0 aliphatic rings. The van der Waals surface area contributed by atoms with Crippen LogP contribution in [0.5, 0.6) is 5.75 Å². The van der Waals surface area contributed by atoms with Crippen molar-refractivity contribution >= 4 is 27.5 Å². The number of methoxy groups -OCH3 is 1. The van der Waals surface area contributed by atoms with Gasteiger partial charge < -0.3 is 21.0 Å². The van der Waals surface area contributed by atoms with Crippen LogP contribution >= 0.6 is 15.9 Å². The number of nitrogens with two attached hydrogens (primary N) is 1. The van der Waals surface area contributed by atoms with E-state index in [0.29, 0.717) is 6.42 Å². The molecular weight excluding hydrogens is 286 g/mol. The summed E-state index contributed by atoms with van der Waals surface area (Å²) in [7, 11) is 1.60. The van der Waals surface area contributed by atoms with Gasteiger partial charge in [-0.15, -0.1) is 0 Å². The van der Waals surface area contributed by atoms with Crippen LogP contribution in [0.2, 0.25) is 0 Å². The van der Waals surface area contributed by atoms with Crippen molar-refractivity contribution in [3.63, 3.8) is 0 Å². The monoisotopic (exact) mass is 301 g/mol. The highest BCUT2D eigenvalue weighted by molar-refractivity contribution is 9.10. The molecule has 0 amide bonds. The Bertz CT molecular complexity index is 410. The molecule has 1 aromatic rings. The number of nitrogens with one attached hydrogen (secondary N) is 1. The van der Waals surface area contributed by atoms with Crippen LogP contribution < -0.4 is 15.8 Å². The Labute approximate surface area is 109 Å². The Balaban J connectivity index is 2.89. The van der Waals surface area contributed by atoms with Crippen molar-refractivity contribution in [1.29, 1.82) is 0 Å². The van der Waals surface area contributed by atoms with Crippen LogP contribution in [0.1, 0.15) is 13.3 Å². The lowest BCUT2D eigenvalue weighted by Gasteiger charge is -2.17. The molecule has 0 aliphatic carbocycles. The van der Waals surface area contributed by atoms with Crippen molar-refractivity contribution in [1.82, 2.24) is 0 Å². The Morgan fingerprint density at radius 2 is 2.29 bits per heavy atom. The van der Waals surface area contributed by atoms with Gasteiger partial charge in [0.15, 0.2) is 5.84 Å². The van der Waals surface area contributed by atoms with Gasteiger partial charge in [-0.2, -0.15) is 0 Å². The number of benzene rings is 1. The van der Waals surface area contributed by atoms with Crippen LogP contribution in [0.3, 0.4) is 0 Å². The van der Waals surface area contributed by atoms with Gasteiger partial charge in [0.2, 0.25) is 0 Å². The number of halogens is 1. The van der Waals surface area contributed by atoms with Crippen LogP contribution in [0.15, 0.2) is 27.8 Å². The predicted octanol–water partition coefficient (Wildman–Crippen LogP) is 2.39. The molecular formula is C11H16BrN3O2. The fourth-order valence-electron chi connectivity index (χ4n) is 1.42. The second-order valence-corrected chi connectivity index (χ2v) is 4.43. The topological polar surface area (TPSA) is 79.9 Å². The highest BCUT2D eigenvalue weighted by atomic mass is 79.9. The van der Waals surface area contributed by atoms with E-state index >= 15 is 0 Å². The molecule has 0 bridgehead atoms. The van der Waals surface area contributed by atoms with E-state index in [1.54, 1.807) is 7.11 Å². The van der Waals surface area contributed by atoms with E-state index in [1.807, 2.05) is 25.1 Å². The molecule has 94 valence electrons. The summed E-state index contributed by atoms with van der Waals surface area (Å²) in [6.45, 7) is 1.95. The van der Waals surface area contributed by atoms with Crippen molar-refractivity contribution < 1.29 is 9.94 Å². The van der Waals surface area contributed by atoms with E-state index in [2.05, 4.69) is 26.4 Å². The third-order valence-electron chi connectivity index (χ3n) is 2.33. The molecule has 0 spiro atoms. The number of nitrogens with zero attached hydrogens (tertiary/aromatic N) is 1. The third-order valence-corrected chi connectivity index (χ3v) is 2.79. The Morgan fingerprint density at radius 1 is 1.59 bits per heavy atom. The zero-order valence-electron chi connectivity index (χ0n) is 9.77. The number of ether oxygens (including phenoxy) is 1. The molecule has 17 heavy (non-hydrogen) atoms. The second-order valence-electron chi connectivity index (χ2n) is 3.51. The number of anilines is 1. The normalized spacial score (nSPS) is 13.2. The minimum absolute atomic E-state index is 0.159. The lowest BCUT2D eigenvalue weighted by molar-refractivity contribution is 0.316. The van der Waals surface area contributed by atoms with Crippen molar-refractivity contribution in [3.05, 3.63) is 22.7 Å². The highest BCUT2D eigenvalue weighted by Crippen LogP contribution is 2.25. The van der Waals surface area contributed by atoms with E-state index in [-0.39, 0.29) is 11.9 Å². The Kier molecular flexibility index (Phi) is 5.09. The summed E-state index contributed by atoms with van der Waals surface area (Å²) in [5.41, 5.74) is 6.42. The molecule has 0 aliphatic heterocycles. The highest BCUT2D eigenvalue weighted by Gasteiger charge is 2.12. The van der Waals surface area contributed by atoms with Gasteiger partial charge in [-0.3, -0.25) is 0 Å². The second kappa shape index (κ2) is 6.34. The molecule has 1 unspecified atom stereocenters. The standard InChI is InChI=1S/C11H16BrN3O2/c1-3-10(11(13)15-16)14-8-4-7(12)5-9(6-8)17-2/h4-6,10,14,16H,3H2,1-2H3,(H2,13,15). The lowest BCUT2D eigenvalue weighted by atomic mass is 10.2.